The van der Waals surface area contributed by atoms with Crippen molar-refractivity contribution in [3.8, 4) is 0 Å². The Bertz CT molecular complexity index is 296. The lowest BCUT2D eigenvalue weighted by atomic mass is 9.93. The fourth-order valence-electron chi connectivity index (χ4n) is 1.64. The van der Waals surface area contributed by atoms with Crippen LogP contribution in [0.5, 0.6) is 0 Å². The lowest BCUT2D eigenvalue weighted by molar-refractivity contribution is -0.0694. The average molecular weight is 392 g/mol. The first-order valence-corrected chi connectivity index (χ1v) is 9.84. The summed E-state index contributed by atoms with van der Waals surface area (Å²) in [6.07, 6.45) is 0. The van der Waals surface area contributed by atoms with E-state index in [1.54, 1.807) is 0 Å². The molecule has 0 aromatic carbocycles. The van der Waals surface area contributed by atoms with E-state index in [2.05, 4.69) is 0 Å². The maximum atomic E-state index is 5.60. The minimum atomic E-state index is -1.53. The topological polar surface area (TPSA) is 92.3 Å². The van der Waals surface area contributed by atoms with Gasteiger partial charge >= 0.3 is 33.1 Å². The molecule has 0 bridgehead atoms. The van der Waals surface area contributed by atoms with E-state index < -0.39 is 33.1 Å². The van der Waals surface area contributed by atoms with Gasteiger partial charge in [0.15, 0.2) is 0 Å². The second-order valence-corrected chi connectivity index (χ2v) is 8.55. The third-order valence-electron chi connectivity index (χ3n) is 2.89. The zero-order chi connectivity index (χ0) is 16.7. The van der Waals surface area contributed by atoms with Crippen molar-refractivity contribution in [2.45, 2.75) is 0 Å². The van der Waals surface area contributed by atoms with E-state index in [1.165, 1.54) is 28.4 Å². The minimum Gasteiger partial charge on any atom is -0.388 e. The molecule has 134 valence electrons. The molecule has 14 heteroatoms. The van der Waals surface area contributed by atoms with E-state index in [-0.39, 0.29) is 5.41 Å². The molecule has 0 N–H and O–H groups in total. The third kappa shape index (κ3) is 6.01. The van der Waals surface area contributed by atoms with Crippen LogP contribution in [0.1, 0.15) is 0 Å². The van der Waals surface area contributed by atoms with Crippen molar-refractivity contribution in [2.24, 2.45) is 5.41 Å². The second-order valence-electron chi connectivity index (χ2n) is 4.58. The van der Waals surface area contributed by atoms with Crippen LogP contribution in [0, 0.1) is 5.41 Å². The molecule has 2 saturated heterocycles. The highest BCUT2D eigenvalue weighted by molar-refractivity contribution is 7.55. The lowest BCUT2D eigenvalue weighted by Crippen LogP contribution is -2.45. The Hall–Kier alpha value is 0.955. The molecular weight excluding hydrogens is 372 g/mol. The van der Waals surface area contributed by atoms with Gasteiger partial charge in [0.1, 0.15) is 0 Å². The average Bonchev–Trinajstić information content (AvgIpc) is 2.61. The fraction of sp³-hybridized carbons (Fsp3) is 1.00. The monoisotopic (exact) mass is 392 g/mol. The van der Waals surface area contributed by atoms with Gasteiger partial charge in [-0.05, 0) is 0 Å². The lowest BCUT2D eigenvalue weighted by Gasteiger charge is -2.41. The van der Waals surface area contributed by atoms with Crippen LogP contribution in [0.3, 0.4) is 0 Å². The molecule has 1 spiro atoms. The van der Waals surface area contributed by atoms with Crippen LogP contribution in [0.25, 0.3) is 0 Å². The SMILES string of the molecule is COB(OC)OP1OCC2(CO1)COP(OP(OC)OC)OC2. The Morgan fingerprint density at radius 1 is 0.826 bits per heavy atom. The Labute approximate surface area is 139 Å². The highest BCUT2D eigenvalue weighted by Crippen LogP contribution is 2.59. The summed E-state index contributed by atoms with van der Waals surface area (Å²) in [7, 11) is 0.614. The van der Waals surface area contributed by atoms with Crippen molar-refractivity contribution in [2.75, 3.05) is 54.9 Å². The molecule has 0 amide bonds. The van der Waals surface area contributed by atoms with Gasteiger partial charge < -0.3 is 40.9 Å². The molecule has 23 heavy (non-hydrogen) atoms. The normalized spacial score (nSPS) is 31.7. The Balaban J connectivity index is 1.73. The summed E-state index contributed by atoms with van der Waals surface area (Å²) in [4.78, 5) is 0. The van der Waals surface area contributed by atoms with Gasteiger partial charge in [0.25, 0.3) is 0 Å². The Morgan fingerprint density at radius 3 is 1.74 bits per heavy atom. The van der Waals surface area contributed by atoms with Crippen molar-refractivity contribution in [1.29, 1.82) is 0 Å². The summed E-state index contributed by atoms with van der Waals surface area (Å²) in [6.45, 7) is 1.53. The standard InChI is InChI=1S/C9H20BO10P3/c1-11-10(12-2)19-22-15-5-9(6-16-22)7-17-23(18-8-9)20-21(13-3)14-4/h5-8H2,1-4H3. The maximum absolute atomic E-state index is 5.60. The van der Waals surface area contributed by atoms with Gasteiger partial charge in [0.05, 0.1) is 31.8 Å². The van der Waals surface area contributed by atoms with E-state index in [9.17, 15) is 0 Å². The first-order chi connectivity index (χ1) is 11.1. The predicted molar refractivity (Wildman–Crippen MR) is 83.0 cm³/mol. The van der Waals surface area contributed by atoms with Crippen LogP contribution in [-0.2, 0) is 45.2 Å². The number of hydrogen-bond acceptors (Lipinski definition) is 10. The van der Waals surface area contributed by atoms with Crippen LogP contribution in [0.2, 0.25) is 0 Å². The molecule has 0 atom stereocenters. The van der Waals surface area contributed by atoms with Crippen LogP contribution in [-0.4, -0.2) is 62.2 Å². The molecule has 0 aliphatic carbocycles. The molecule has 2 fully saturated rings. The third-order valence-corrected chi connectivity index (χ3v) is 6.26. The van der Waals surface area contributed by atoms with Crippen molar-refractivity contribution >= 4 is 33.1 Å². The minimum absolute atomic E-state index is 0.380. The van der Waals surface area contributed by atoms with Crippen molar-refractivity contribution < 1.29 is 45.2 Å². The van der Waals surface area contributed by atoms with E-state index in [1.807, 2.05) is 0 Å². The summed E-state index contributed by atoms with van der Waals surface area (Å²) in [5, 5.41) is 0. The van der Waals surface area contributed by atoms with Gasteiger partial charge in [-0.2, -0.15) is 0 Å². The highest BCUT2D eigenvalue weighted by atomic mass is 31.2. The van der Waals surface area contributed by atoms with Gasteiger partial charge in [-0.15, -0.1) is 0 Å². The quantitative estimate of drug-likeness (QED) is 0.453. The molecule has 10 nitrogen and oxygen atoms in total. The Morgan fingerprint density at radius 2 is 1.30 bits per heavy atom. The molecule has 2 aliphatic rings. The van der Waals surface area contributed by atoms with Crippen LogP contribution < -0.4 is 0 Å². The van der Waals surface area contributed by atoms with Crippen LogP contribution in [0.4, 0.5) is 0 Å². The smallest absolute Gasteiger partial charge is 0.388 e. The van der Waals surface area contributed by atoms with Gasteiger partial charge in [0.2, 0.25) is 0 Å². The summed E-state index contributed by atoms with van der Waals surface area (Å²) in [6, 6.07) is 0. The van der Waals surface area contributed by atoms with Crippen LogP contribution in [0.15, 0.2) is 0 Å². The molecule has 0 unspecified atom stereocenters. The summed E-state index contributed by atoms with van der Waals surface area (Å²) in [5.41, 5.74) is -0.386. The largest absolute Gasteiger partial charge is 0.645 e. The molecule has 2 aliphatic heterocycles. The number of rotatable bonds is 8. The molecule has 0 aromatic heterocycles. The predicted octanol–water partition coefficient (Wildman–Crippen LogP) is 2.35. The molecule has 2 heterocycles. The van der Waals surface area contributed by atoms with Gasteiger partial charge in [-0.3, -0.25) is 0 Å². The zero-order valence-electron chi connectivity index (χ0n) is 13.3. The maximum Gasteiger partial charge on any atom is 0.645 e. The van der Waals surface area contributed by atoms with E-state index in [0.717, 1.165) is 0 Å². The van der Waals surface area contributed by atoms with Gasteiger partial charge in [0, 0.05) is 28.4 Å². The second kappa shape index (κ2) is 10.2. The Kier molecular flexibility index (Phi) is 8.98. The van der Waals surface area contributed by atoms with Crippen LogP contribution >= 0.6 is 25.8 Å². The van der Waals surface area contributed by atoms with Crippen molar-refractivity contribution in [3.05, 3.63) is 0 Å². The van der Waals surface area contributed by atoms with Crippen molar-refractivity contribution in [1.82, 2.24) is 0 Å². The molecule has 0 saturated carbocycles. The molecule has 0 radical (unpaired) electrons. The first-order valence-electron chi connectivity index (χ1n) is 6.55. The summed E-state index contributed by atoms with van der Waals surface area (Å²) in [5.74, 6) is 0. The van der Waals surface area contributed by atoms with Gasteiger partial charge in [-0.25, -0.2) is 4.31 Å². The summed E-state index contributed by atoms with van der Waals surface area (Å²) >= 11 is 0. The zero-order valence-corrected chi connectivity index (χ0v) is 16.0. The first kappa shape index (κ1) is 20.3. The molecular formula is C9H20BO10P3. The molecule has 2 rings (SSSR count). The molecule has 0 aromatic rings. The summed E-state index contributed by atoms with van der Waals surface area (Å²) < 4.78 is 53.0. The number of hydrogen-bond donors (Lipinski definition) is 0. The fourth-order valence-corrected chi connectivity index (χ4v) is 5.23. The van der Waals surface area contributed by atoms with E-state index >= 15 is 0 Å². The van der Waals surface area contributed by atoms with Gasteiger partial charge in [-0.1, -0.05) is 0 Å². The van der Waals surface area contributed by atoms with E-state index in [0.29, 0.717) is 26.4 Å². The van der Waals surface area contributed by atoms with E-state index in [4.69, 9.17) is 45.2 Å². The van der Waals surface area contributed by atoms with Crippen molar-refractivity contribution in [3.63, 3.8) is 0 Å². The highest BCUT2D eigenvalue weighted by Gasteiger charge is 2.45.